The molecule has 1 aromatic heterocycles. The zero-order valence-electron chi connectivity index (χ0n) is 18.1. The fraction of sp³-hybridized carbons (Fsp3) is 0.333. The maximum atomic E-state index is 13.4. The van der Waals surface area contributed by atoms with Crippen LogP contribution in [0.5, 0.6) is 5.88 Å². The largest absolute Gasteiger partial charge is 0.491 e. The number of carbonyl (C=O) groups excluding carboxylic acids is 2. The Hall–Kier alpha value is -3.33. The molecule has 0 radical (unpaired) electrons. The molecular weight excluding hydrogens is 435 g/mol. The summed E-state index contributed by atoms with van der Waals surface area (Å²) in [5, 5.41) is 0.438. The monoisotopic (exact) mass is 459 g/mol. The molecule has 0 atom stereocenters. The first kappa shape index (κ1) is 22.8. The Bertz CT molecular complexity index is 1190. The first-order chi connectivity index (χ1) is 15.7. The quantitative estimate of drug-likeness (QED) is 0.596. The molecule has 9 heteroatoms. The molecule has 0 bridgehead atoms. The Kier molecular flexibility index (Phi) is 6.16. The van der Waals surface area contributed by atoms with Crippen molar-refractivity contribution in [1.82, 2.24) is 9.47 Å². The van der Waals surface area contributed by atoms with Gasteiger partial charge in [0.05, 0.1) is 5.52 Å². The van der Waals surface area contributed by atoms with Crippen LogP contribution < -0.4 is 10.5 Å². The van der Waals surface area contributed by atoms with Gasteiger partial charge < -0.3 is 19.9 Å². The zero-order valence-corrected chi connectivity index (χ0v) is 18.1. The zero-order chi connectivity index (χ0) is 23.8. The predicted molar refractivity (Wildman–Crippen MR) is 117 cm³/mol. The van der Waals surface area contributed by atoms with Crippen LogP contribution in [0.1, 0.15) is 40.2 Å². The standard InChI is InChI=1S/C24H24F3N3O3/c1-29-19-8-3-2-7-18(19)20(22(29)33-23(32)24(25,26)27)21(31)30-11-9-16(10-12-30)17-6-4-5-15(13-17)14-28/h2-8,13,16H,9-12,14,28H2,1H3. The minimum atomic E-state index is -5.17. The summed E-state index contributed by atoms with van der Waals surface area (Å²) in [6.45, 7) is 1.32. The number of rotatable bonds is 4. The van der Waals surface area contributed by atoms with E-state index in [1.165, 1.54) is 11.6 Å². The molecule has 0 unspecified atom stereocenters. The number of alkyl halides is 3. The number of piperidine rings is 1. The number of ether oxygens (including phenoxy) is 1. The predicted octanol–water partition coefficient (Wildman–Crippen LogP) is 4.12. The van der Waals surface area contributed by atoms with Gasteiger partial charge in [0.25, 0.3) is 5.91 Å². The van der Waals surface area contributed by atoms with E-state index >= 15 is 0 Å². The second-order valence-corrected chi connectivity index (χ2v) is 8.16. The van der Waals surface area contributed by atoms with Gasteiger partial charge in [-0.05, 0) is 36.0 Å². The second-order valence-electron chi connectivity index (χ2n) is 8.16. The number of esters is 1. The fourth-order valence-electron chi connectivity index (χ4n) is 4.39. The third kappa shape index (κ3) is 4.45. The molecule has 0 saturated carbocycles. The van der Waals surface area contributed by atoms with Crippen LogP contribution in [-0.2, 0) is 18.4 Å². The Labute approximate surface area is 188 Å². The lowest BCUT2D eigenvalue weighted by Gasteiger charge is -2.32. The molecule has 2 heterocycles. The van der Waals surface area contributed by atoms with Crippen molar-refractivity contribution in [2.24, 2.45) is 12.8 Å². The lowest BCUT2D eigenvalue weighted by Crippen LogP contribution is -2.38. The number of hydrogen-bond acceptors (Lipinski definition) is 4. The van der Waals surface area contributed by atoms with E-state index in [1.54, 1.807) is 29.2 Å². The Morgan fingerprint density at radius 2 is 1.79 bits per heavy atom. The highest BCUT2D eigenvalue weighted by atomic mass is 19.4. The highest BCUT2D eigenvalue weighted by Crippen LogP contribution is 2.36. The number of para-hydroxylation sites is 1. The number of nitrogens with two attached hydrogens (primary N) is 1. The average Bonchev–Trinajstić information content (AvgIpc) is 3.09. The third-order valence-corrected chi connectivity index (χ3v) is 6.13. The number of nitrogens with zero attached hydrogens (tertiary/aromatic N) is 2. The average molecular weight is 459 g/mol. The Morgan fingerprint density at radius 1 is 1.09 bits per heavy atom. The summed E-state index contributed by atoms with van der Waals surface area (Å²) in [5.74, 6) is -2.95. The van der Waals surface area contributed by atoms with Crippen molar-refractivity contribution in [1.29, 1.82) is 0 Å². The maximum absolute atomic E-state index is 13.4. The highest BCUT2D eigenvalue weighted by Gasteiger charge is 2.43. The summed E-state index contributed by atoms with van der Waals surface area (Å²) in [6.07, 6.45) is -3.75. The first-order valence-electron chi connectivity index (χ1n) is 10.6. The number of halogens is 3. The van der Waals surface area contributed by atoms with Crippen molar-refractivity contribution in [3.05, 3.63) is 65.2 Å². The van der Waals surface area contributed by atoms with Gasteiger partial charge in [-0.3, -0.25) is 4.79 Å². The van der Waals surface area contributed by atoms with Crippen LogP contribution in [0.3, 0.4) is 0 Å². The summed E-state index contributed by atoms with van der Waals surface area (Å²) in [5.41, 5.74) is 8.40. The number of likely N-dealkylation sites (tertiary alicyclic amines) is 1. The van der Waals surface area contributed by atoms with E-state index in [0.29, 0.717) is 43.4 Å². The Morgan fingerprint density at radius 3 is 2.45 bits per heavy atom. The normalized spacial score (nSPS) is 15.1. The molecule has 33 heavy (non-hydrogen) atoms. The van der Waals surface area contributed by atoms with E-state index in [9.17, 15) is 22.8 Å². The van der Waals surface area contributed by atoms with Gasteiger partial charge >= 0.3 is 12.1 Å². The van der Waals surface area contributed by atoms with Gasteiger partial charge in [-0.25, -0.2) is 4.79 Å². The summed E-state index contributed by atoms with van der Waals surface area (Å²) in [6, 6.07) is 14.7. The van der Waals surface area contributed by atoms with E-state index < -0.39 is 23.9 Å². The van der Waals surface area contributed by atoms with Gasteiger partial charge in [-0.2, -0.15) is 13.2 Å². The molecule has 3 aromatic rings. The third-order valence-electron chi connectivity index (χ3n) is 6.13. The molecule has 4 rings (SSSR count). The molecule has 0 aliphatic carbocycles. The molecule has 1 fully saturated rings. The van der Waals surface area contributed by atoms with Gasteiger partial charge in [0, 0.05) is 32.1 Å². The minimum absolute atomic E-state index is 0.0331. The lowest BCUT2D eigenvalue weighted by molar-refractivity contribution is -0.190. The molecule has 2 aromatic carbocycles. The molecule has 0 spiro atoms. The van der Waals surface area contributed by atoms with Crippen molar-refractivity contribution >= 4 is 22.8 Å². The van der Waals surface area contributed by atoms with Crippen LogP contribution in [0, 0.1) is 0 Å². The van der Waals surface area contributed by atoms with Crippen LogP contribution in [-0.4, -0.2) is 40.6 Å². The number of benzene rings is 2. The fourth-order valence-corrected chi connectivity index (χ4v) is 4.39. The number of aromatic nitrogens is 1. The van der Waals surface area contributed by atoms with E-state index in [4.69, 9.17) is 10.5 Å². The molecule has 1 aliphatic heterocycles. The van der Waals surface area contributed by atoms with E-state index in [-0.39, 0.29) is 11.5 Å². The molecule has 1 aliphatic rings. The SMILES string of the molecule is Cn1c(OC(=O)C(F)(F)F)c(C(=O)N2CCC(c3cccc(CN)c3)CC2)c2ccccc21. The number of carbonyl (C=O) groups is 2. The van der Waals surface area contributed by atoms with Crippen LogP contribution in [0.2, 0.25) is 0 Å². The highest BCUT2D eigenvalue weighted by molar-refractivity contribution is 6.10. The van der Waals surface area contributed by atoms with Gasteiger partial charge in [-0.15, -0.1) is 0 Å². The molecule has 174 valence electrons. The number of amides is 1. The van der Waals surface area contributed by atoms with E-state index in [0.717, 1.165) is 11.1 Å². The van der Waals surface area contributed by atoms with Crippen molar-refractivity contribution in [2.75, 3.05) is 13.1 Å². The maximum Gasteiger partial charge on any atom is 0.491 e. The van der Waals surface area contributed by atoms with Crippen molar-refractivity contribution < 1.29 is 27.5 Å². The van der Waals surface area contributed by atoms with Crippen molar-refractivity contribution in [2.45, 2.75) is 31.5 Å². The lowest BCUT2D eigenvalue weighted by atomic mass is 9.88. The van der Waals surface area contributed by atoms with E-state index in [2.05, 4.69) is 6.07 Å². The van der Waals surface area contributed by atoms with Crippen molar-refractivity contribution in [3.63, 3.8) is 0 Å². The topological polar surface area (TPSA) is 77.6 Å². The van der Waals surface area contributed by atoms with Crippen LogP contribution in [0.25, 0.3) is 10.9 Å². The number of aryl methyl sites for hydroxylation is 1. The molecule has 1 amide bonds. The van der Waals surface area contributed by atoms with Gasteiger partial charge in [-0.1, -0.05) is 42.5 Å². The number of hydrogen-bond donors (Lipinski definition) is 1. The van der Waals surface area contributed by atoms with Crippen LogP contribution in [0.4, 0.5) is 13.2 Å². The molecule has 6 nitrogen and oxygen atoms in total. The van der Waals surface area contributed by atoms with Crippen molar-refractivity contribution in [3.8, 4) is 5.88 Å². The van der Waals surface area contributed by atoms with E-state index in [1.807, 2.05) is 18.2 Å². The second kappa shape index (κ2) is 8.90. The molecule has 1 saturated heterocycles. The Balaban J connectivity index is 1.60. The molecule has 2 N–H and O–H groups in total. The van der Waals surface area contributed by atoms with Crippen LogP contribution in [0.15, 0.2) is 48.5 Å². The minimum Gasteiger partial charge on any atom is -0.402 e. The summed E-state index contributed by atoms with van der Waals surface area (Å²) >= 11 is 0. The van der Waals surface area contributed by atoms with Gasteiger partial charge in [0.1, 0.15) is 5.56 Å². The first-order valence-corrected chi connectivity index (χ1v) is 10.6. The van der Waals surface area contributed by atoms with Gasteiger partial charge in [0.2, 0.25) is 5.88 Å². The summed E-state index contributed by atoms with van der Waals surface area (Å²) < 4.78 is 44.6. The summed E-state index contributed by atoms with van der Waals surface area (Å²) in [4.78, 5) is 26.6. The molecular formula is C24H24F3N3O3. The number of fused-ring (bicyclic) bond motifs is 1. The summed E-state index contributed by atoms with van der Waals surface area (Å²) in [7, 11) is 1.47. The van der Waals surface area contributed by atoms with Gasteiger partial charge in [0.15, 0.2) is 0 Å². The van der Waals surface area contributed by atoms with Crippen LogP contribution >= 0.6 is 0 Å². The smallest absolute Gasteiger partial charge is 0.402 e.